The Hall–Kier alpha value is -3.24. The van der Waals surface area contributed by atoms with Crippen LogP contribution in [0.1, 0.15) is 46.8 Å². The summed E-state index contributed by atoms with van der Waals surface area (Å²) in [7, 11) is -4.18. The number of nitrogens with two attached hydrogens (primary N) is 1. The van der Waals surface area contributed by atoms with E-state index >= 15 is 0 Å². The van der Waals surface area contributed by atoms with Crippen LogP contribution in [0.4, 0.5) is 0 Å². The molecule has 0 aromatic heterocycles. The summed E-state index contributed by atoms with van der Waals surface area (Å²) in [5, 5.41) is 18.1. The molecule has 38 heavy (non-hydrogen) atoms. The number of rotatable bonds is 12. The Morgan fingerprint density at radius 2 is 1.79 bits per heavy atom. The van der Waals surface area contributed by atoms with Crippen molar-refractivity contribution in [2.75, 3.05) is 32.4 Å². The fourth-order valence-corrected chi connectivity index (χ4v) is 4.61. The van der Waals surface area contributed by atoms with Crippen LogP contribution in [0.5, 0.6) is 5.75 Å². The first kappa shape index (κ1) is 29.3. The number of carbonyl (C=O) groups excluding carboxylic acids is 1. The van der Waals surface area contributed by atoms with Gasteiger partial charge in [0.15, 0.2) is 0 Å². The molecule has 0 unspecified atom stereocenters. The van der Waals surface area contributed by atoms with Gasteiger partial charge in [-0.1, -0.05) is 24.3 Å². The van der Waals surface area contributed by atoms with Crippen molar-refractivity contribution in [2.24, 2.45) is 5.73 Å². The zero-order valence-corrected chi connectivity index (χ0v) is 22.4. The molecule has 0 aliphatic carbocycles. The Labute approximate surface area is 222 Å². The molecule has 0 atom stereocenters. The molecule has 1 heterocycles. The fourth-order valence-electron chi connectivity index (χ4n) is 4.08. The second-order valence-corrected chi connectivity index (χ2v) is 11.0. The van der Waals surface area contributed by atoms with E-state index in [1.54, 1.807) is 37.3 Å². The number of aryl methyl sites for hydroxylation is 1. The summed E-state index contributed by atoms with van der Waals surface area (Å²) in [6, 6.07) is 12.0. The molecule has 3 rings (SSSR count). The van der Waals surface area contributed by atoms with Crippen molar-refractivity contribution >= 4 is 25.2 Å². The van der Waals surface area contributed by atoms with Gasteiger partial charge in [0.2, 0.25) is 0 Å². The van der Waals surface area contributed by atoms with Crippen LogP contribution in [0.2, 0.25) is 0 Å². The Bertz CT molecular complexity index is 1180. The van der Waals surface area contributed by atoms with Crippen molar-refractivity contribution in [3.63, 3.8) is 0 Å². The van der Waals surface area contributed by atoms with Crippen LogP contribution in [0.15, 0.2) is 42.5 Å². The van der Waals surface area contributed by atoms with E-state index in [0.29, 0.717) is 34.9 Å². The third-order valence-corrected chi connectivity index (χ3v) is 7.12. The molecular weight excluding hydrogens is 509 g/mol. The molecule has 12 heteroatoms. The number of amidine groups is 2. The molecule has 7 N–H and O–H groups in total. The van der Waals surface area contributed by atoms with Gasteiger partial charge >= 0.3 is 7.60 Å². The lowest BCUT2D eigenvalue weighted by Gasteiger charge is -2.32. The Morgan fingerprint density at radius 3 is 2.39 bits per heavy atom. The molecule has 0 radical (unpaired) electrons. The molecule has 0 spiro atoms. The van der Waals surface area contributed by atoms with E-state index in [1.807, 2.05) is 17.0 Å². The van der Waals surface area contributed by atoms with E-state index in [0.717, 1.165) is 31.5 Å². The predicted octanol–water partition coefficient (Wildman–Crippen LogP) is 2.48. The maximum Gasteiger partial charge on any atom is 0.325 e. The lowest BCUT2D eigenvalue weighted by Crippen LogP contribution is -2.39. The maximum absolute atomic E-state index is 12.5. The molecule has 0 saturated carbocycles. The zero-order valence-electron chi connectivity index (χ0n) is 21.5. The Kier molecular flexibility index (Phi) is 10.4. The number of benzene rings is 2. The second kappa shape index (κ2) is 13.5. The number of hydrogen-bond donors (Lipinski definition) is 6. The number of piperidine rings is 1. The third-order valence-electron chi connectivity index (χ3n) is 6.31. The van der Waals surface area contributed by atoms with Gasteiger partial charge in [0.05, 0.1) is 31.3 Å². The van der Waals surface area contributed by atoms with Gasteiger partial charge in [0, 0.05) is 24.2 Å². The summed E-state index contributed by atoms with van der Waals surface area (Å²) in [6.45, 7) is 4.26. The Balaban J connectivity index is 1.45. The molecule has 11 nitrogen and oxygen atoms in total. The summed E-state index contributed by atoms with van der Waals surface area (Å²) in [5.41, 5.74) is 8.04. The maximum atomic E-state index is 12.5. The standard InChI is InChI=1S/C26H36N5O6P/c1-18(27)31-12-8-23(9-13-31)37-17-19-2-4-21(5-3-19)26(32)30-11-14-36-24-16-22(25(28)29)7-6-20(24)10-15-38(33,34)35/h2-7,16,23,27H,8-15,17H2,1H3,(H3,28,29)(H,30,32)(H2,33,34,35). The number of nitrogen functional groups attached to an aromatic ring is 1. The van der Waals surface area contributed by atoms with Gasteiger partial charge in [0.25, 0.3) is 5.91 Å². The molecule has 1 aliphatic rings. The number of carbonyl (C=O) groups is 1. The second-order valence-electron chi connectivity index (χ2n) is 9.26. The summed E-state index contributed by atoms with van der Waals surface area (Å²) < 4.78 is 23.0. The van der Waals surface area contributed by atoms with Crippen molar-refractivity contribution < 1.29 is 28.6 Å². The minimum absolute atomic E-state index is 0.100. The number of likely N-dealkylation sites (tertiary alicyclic amines) is 1. The van der Waals surface area contributed by atoms with E-state index in [4.69, 9.17) is 26.0 Å². The summed E-state index contributed by atoms with van der Waals surface area (Å²) in [6.07, 6.45) is 1.72. The van der Waals surface area contributed by atoms with Crippen molar-refractivity contribution in [2.45, 2.75) is 38.9 Å². The molecule has 2 aromatic rings. The number of nitrogens with one attached hydrogen (secondary N) is 3. The van der Waals surface area contributed by atoms with Crippen LogP contribution in [0, 0.1) is 10.8 Å². The highest BCUT2D eigenvalue weighted by Gasteiger charge is 2.20. The monoisotopic (exact) mass is 545 g/mol. The van der Waals surface area contributed by atoms with Gasteiger partial charge in [-0.25, -0.2) is 0 Å². The first-order valence-corrected chi connectivity index (χ1v) is 14.2. The average molecular weight is 546 g/mol. The summed E-state index contributed by atoms with van der Waals surface area (Å²) in [5.74, 6) is 0.550. The quantitative estimate of drug-likeness (QED) is 0.102. The lowest BCUT2D eigenvalue weighted by molar-refractivity contribution is 0.00820. The largest absolute Gasteiger partial charge is 0.491 e. The highest BCUT2D eigenvalue weighted by molar-refractivity contribution is 7.51. The van der Waals surface area contributed by atoms with Crippen LogP contribution < -0.4 is 15.8 Å². The van der Waals surface area contributed by atoms with Gasteiger partial charge in [-0.05, 0) is 55.5 Å². The summed E-state index contributed by atoms with van der Waals surface area (Å²) in [4.78, 5) is 32.9. The van der Waals surface area contributed by atoms with Crippen molar-refractivity contribution in [3.8, 4) is 5.75 Å². The van der Waals surface area contributed by atoms with Crippen LogP contribution in [-0.4, -0.2) is 70.8 Å². The number of amides is 1. The van der Waals surface area contributed by atoms with Gasteiger partial charge < -0.3 is 35.2 Å². The predicted molar refractivity (Wildman–Crippen MR) is 145 cm³/mol. The van der Waals surface area contributed by atoms with E-state index in [1.165, 1.54) is 0 Å². The highest BCUT2D eigenvalue weighted by Crippen LogP contribution is 2.36. The highest BCUT2D eigenvalue weighted by atomic mass is 31.2. The topological polar surface area (TPSA) is 182 Å². The van der Waals surface area contributed by atoms with Crippen molar-refractivity contribution in [1.29, 1.82) is 10.8 Å². The minimum Gasteiger partial charge on any atom is -0.491 e. The SMILES string of the molecule is CC(=N)N1CCC(OCc2ccc(C(=O)NCCOc3cc(C(=N)N)ccc3CCP(=O)(O)O)cc2)CC1. The normalized spacial score (nSPS) is 14.2. The first-order valence-electron chi connectivity index (χ1n) is 12.5. The lowest BCUT2D eigenvalue weighted by atomic mass is 10.1. The molecule has 1 aliphatic heterocycles. The van der Waals surface area contributed by atoms with E-state index in [9.17, 15) is 19.1 Å². The van der Waals surface area contributed by atoms with Gasteiger partial charge in [-0.15, -0.1) is 0 Å². The van der Waals surface area contributed by atoms with Crippen LogP contribution in [0.3, 0.4) is 0 Å². The van der Waals surface area contributed by atoms with E-state index < -0.39 is 7.60 Å². The molecule has 1 fully saturated rings. The van der Waals surface area contributed by atoms with Crippen molar-refractivity contribution in [1.82, 2.24) is 10.2 Å². The molecule has 0 bridgehead atoms. The molecule has 1 saturated heterocycles. The summed E-state index contributed by atoms with van der Waals surface area (Å²) >= 11 is 0. The molecule has 2 aromatic carbocycles. The van der Waals surface area contributed by atoms with E-state index in [2.05, 4.69) is 5.32 Å². The molecule has 206 valence electrons. The minimum atomic E-state index is -4.18. The molecule has 1 amide bonds. The first-order chi connectivity index (χ1) is 18.0. The number of nitrogens with zero attached hydrogens (tertiary/aromatic N) is 1. The average Bonchev–Trinajstić information content (AvgIpc) is 2.88. The zero-order chi connectivity index (χ0) is 27.7. The van der Waals surface area contributed by atoms with Crippen LogP contribution in [-0.2, 0) is 22.3 Å². The van der Waals surface area contributed by atoms with Gasteiger partial charge in [-0.3, -0.25) is 20.2 Å². The van der Waals surface area contributed by atoms with Crippen LogP contribution >= 0.6 is 7.60 Å². The van der Waals surface area contributed by atoms with E-state index in [-0.39, 0.29) is 43.6 Å². The smallest absolute Gasteiger partial charge is 0.325 e. The van der Waals surface area contributed by atoms with Crippen LogP contribution in [0.25, 0.3) is 0 Å². The number of ether oxygens (including phenoxy) is 2. The fraction of sp³-hybridized carbons (Fsp3) is 0.423. The number of hydrogen-bond acceptors (Lipinski definition) is 6. The van der Waals surface area contributed by atoms with Crippen molar-refractivity contribution in [3.05, 3.63) is 64.7 Å². The Morgan fingerprint density at radius 1 is 1.13 bits per heavy atom. The van der Waals surface area contributed by atoms with Gasteiger partial charge in [0.1, 0.15) is 18.2 Å². The molecular formula is C26H36N5O6P. The third kappa shape index (κ3) is 9.25. The van der Waals surface area contributed by atoms with Gasteiger partial charge in [-0.2, -0.15) is 0 Å².